The molecule has 1 N–H and O–H groups in total. The second-order valence-corrected chi connectivity index (χ2v) is 5.62. The molecule has 0 aliphatic carbocycles. The molecule has 1 unspecified atom stereocenters. The first-order chi connectivity index (χ1) is 10.5. The number of amides is 1. The summed E-state index contributed by atoms with van der Waals surface area (Å²) in [5.74, 6) is -0.148. The zero-order valence-corrected chi connectivity index (χ0v) is 12.7. The average Bonchev–Trinajstić information content (AvgIpc) is 2.67. The molecule has 1 amide bonds. The standard InChI is InChI=1S/C16H21NO5/c1-13(18)9-16(20)11-17(7-8-21-12-16)15(19)22-10-14-5-3-2-4-6-14/h2-6,20H,7-12H2,1H3. The van der Waals surface area contributed by atoms with Gasteiger partial charge in [-0.1, -0.05) is 30.3 Å². The Morgan fingerprint density at radius 3 is 2.77 bits per heavy atom. The maximum absolute atomic E-state index is 12.1. The fourth-order valence-corrected chi connectivity index (χ4v) is 2.45. The molecule has 0 saturated carbocycles. The summed E-state index contributed by atoms with van der Waals surface area (Å²) in [7, 11) is 0. The molecule has 22 heavy (non-hydrogen) atoms. The summed E-state index contributed by atoms with van der Waals surface area (Å²) in [6.07, 6.45) is -0.563. The molecule has 120 valence electrons. The van der Waals surface area contributed by atoms with Crippen molar-refractivity contribution in [2.75, 3.05) is 26.3 Å². The number of ether oxygens (including phenoxy) is 2. The number of hydrogen-bond acceptors (Lipinski definition) is 5. The van der Waals surface area contributed by atoms with Crippen LogP contribution in [0.1, 0.15) is 18.9 Å². The third kappa shape index (κ3) is 4.82. The number of ketones is 1. The van der Waals surface area contributed by atoms with E-state index in [2.05, 4.69) is 0 Å². The van der Waals surface area contributed by atoms with E-state index in [4.69, 9.17) is 9.47 Å². The Morgan fingerprint density at radius 1 is 1.36 bits per heavy atom. The molecule has 1 aliphatic heterocycles. The van der Waals surface area contributed by atoms with Gasteiger partial charge in [0.05, 0.1) is 19.8 Å². The van der Waals surface area contributed by atoms with Crippen LogP contribution in [0.4, 0.5) is 4.79 Å². The molecule has 1 aliphatic rings. The molecular formula is C16H21NO5. The highest BCUT2D eigenvalue weighted by atomic mass is 16.6. The number of hydrogen-bond donors (Lipinski definition) is 1. The van der Waals surface area contributed by atoms with Gasteiger partial charge in [0.25, 0.3) is 0 Å². The highest BCUT2D eigenvalue weighted by molar-refractivity contribution is 5.77. The number of rotatable bonds is 4. The van der Waals surface area contributed by atoms with Crippen molar-refractivity contribution >= 4 is 11.9 Å². The van der Waals surface area contributed by atoms with E-state index in [1.54, 1.807) is 0 Å². The first-order valence-corrected chi connectivity index (χ1v) is 7.24. The highest BCUT2D eigenvalue weighted by Crippen LogP contribution is 2.18. The summed E-state index contributed by atoms with van der Waals surface area (Å²) in [6.45, 7) is 2.27. The van der Waals surface area contributed by atoms with Crippen LogP contribution < -0.4 is 0 Å². The summed E-state index contributed by atoms with van der Waals surface area (Å²) < 4.78 is 10.6. The van der Waals surface area contributed by atoms with Crippen molar-refractivity contribution < 1.29 is 24.2 Å². The van der Waals surface area contributed by atoms with Crippen molar-refractivity contribution in [3.05, 3.63) is 35.9 Å². The minimum Gasteiger partial charge on any atom is -0.445 e. The summed E-state index contributed by atoms with van der Waals surface area (Å²) in [6, 6.07) is 9.36. The molecule has 6 nitrogen and oxygen atoms in total. The quantitative estimate of drug-likeness (QED) is 0.909. The Hall–Kier alpha value is -1.92. The minimum absolute atomic E-state index is 0.0280. The molecule has 1 aromatic carbocycles. The largest absolute Gasteiger partial charge is 0.445 e. The van der Waals surface area contributed by atoms with Gasteiger partial charge in [0, 0.05) is 13.0 Å². The Kier molecular flexibility index (Phi) is 5.51. The van der Waals surface area contributed by atoms with Crippen molar-refractivity contribution in [3.63, 3.8) is 0 Å². The van der Waals surface area contributed by atoms with Gasteiger partial charge in [-0.15, -0.1) is 0 Å². The summed E-state index contributed by atoms with van der Waals surface area (Å²) >= 11 is 0. The molecule has 6 heteroatoms. The summed E-state index contributed by atoms with van der Waals surface area (Å²) in [4.78, 5) is 24.8. The number of β-amino-alcohol motifs (C(OH)–C–C–N with tert-alkyl or cyclic N) is 1. The van der Waals surface area contributed by atoms with Crippen molar-refractivity contribution in [3.8, 4) is 0 Å². The lowest BCUT2D eigenvalue weighted by Gasteiger charge is -2.29. The summed E-state index contributed by atoms with van der Waals surface area (Å²) in [5.41, 5.74) is -0.463. The van der Waals surface area contributed by atoms with Gasteiger partial charge < -0.3 is 19.5 Å². The first kappa shape index (κ1) is 16.5. The Balaban J connectivity index is 1.94. The van der Waals surface area contributed by atoms with Crippen LogP contribution in [0.25, 0.3) is 0 Å². The van der Waals surface area contributed by atoms with Crippen molar-refractivity contribution in [1.29, 1.82) is 0 Å². The van der Waals surface area contributed by atoms with Gasteiger partial charge in [0.1, 0.15) is 18.0 Å². The van der Waals surface area contributed by atoms with E-state index in [9.17, 15) is 14.7 Å². The van der Waals surface area contributed by atoms with Crippen LogP contribution >= 0.6 is 0 Å². The van der Waals surface area contributed by atoms with E-state index in [1.807, 2.05) is 30.3 Å². The maximum Gasteiger partial charge on any atom is 0.410 e. The normalized spacial score (nSPS) is 22.0. The van der Waals surface area contributed by atoms with E-state index >= 15 is 0 Å². The Morgan fingerprint density at radius 2 is 2.09 bits per heavy atom. The molecule has 0 spiro atoms. The number of aliphatic hydroxyl groups is 1. The average molecular weight is 307 g/mol. The molecule has 0 aromatic heterocycles. The Bertz CT molecular complexity index is 519. The second kappa shape index (κ2) is 7.38. The number of nitrogens with zero attached hydrogens (tertiary/aromatic N) is 1. The lowest BCUT2D eigenvalue weighted by Crippen LogP contribution is -2.47. The predicted octanol–water partition coefficient (Wildman–Crippen LogP) is 1.37. The van der Waals surface area contributed by atoms with Gasteiger partial charge in [0.2, 0.25) is 0 Å². The second-order valence-electron chi connectivity index (χ2n) is 5.62. The number of carbonyl (C=O) groups excluding carboxylic acids is 2. The van der Waals surface area contributed by atoms with E-state index < -0.39 is 11.7 Å². The molecular weight excluding hydrogens is 286 g/mol. The lowest BCUT2D eigenvalue weighted by molar-refractivity contribution is -0.124. The van der Waals surface area contributed by atoms with E-state index in [0.29, 0.717) is 13.2 Å². The SMILES string of the molecule is CC(=O)CC1(O)COCCN(C(=O)OCc2ccccc2)C1. The fourth-order valence-electron chi connectivity index (χ4n) is 2.45. The molecule has 0 radical (unpaired) electrons. The topological polar surface area (TPSA) is 76.1 Å². The zero-order chi connectivity index (χ0) is 16.0. The Labute approximate surface area is 129 Å². The number of Topliss-reactive ketones (excluding diaryl/α,β-unsaturated/α-hetero) is 1. The van der Waals surface area contributed by atoms with E-state index in [1.165, 1.54) is 11.8 Å². The molecule has 1 heterocycles. The van der Waals surface area contributed by atoms with Crippen LogP contribution in [0.3, 0.4) is 0 Å². The molecule has 1 aromatic rings. The molecule has 1 fully saturated rings. The summed E-state index contributed by atoms with van der Waals surface area (Å²) in [5, 5.41) is 10.4. The van der Waals surface area contributed by atoms with Gasteiger partial charge in [-0.05, 0) is 12.5 Å². The van der Waals surface area contributed by atoms with Gasteiger partial charge in [-0.3, -0.25) is 4.79 Å². The third-order valence-corrected chi connectivity index (χ3v) is 3.40. The molecule has 0 bridgehead atoms. The molecule has 1 saturated heterocycles. The van der Waals surface area contributed by atoms with Gasteiger partial charge in [-0.25, -0.2) is 4.79 Å². The maximum atomic E-state index is 12.1. The smallest absolute Gasteiger partial charge is 0.410 e. The van der Waals surface area contributed by atoms with Crippen molar-refractivity contribution in [1.82, 2.24) is 4.90 Å². The monoisotopic (exact) mass is 307 g/mol. The number of benzene rings is 1. The van der Waals surface area contributed by atoms with Crippen LogP contribution in [0.15, 0.2) is 30.3 Å². The zero-order valence-electron chi connectivity index (χ0n) is 12.7. The van der Waals surface area contributed by atoms with Crippen LogP contribution in [-0.4, -0.2) is 53.8 Å². The lowest BCUT2D eigenvalue weighted by atomic mass is 9.98. The molecule has 1 atom stereocenters. The fraction of sp³-hybridized carbons (Fsp3) is 0.500. The predicted molar refractivity (Wildman–Crippen MR) is 79.3 cm³/mol. The van der Waals surface area contributed by atoms with Crippen molar-refractivity contribution in [2.24, 2.45) is 0 Å². The van der Waals surface area contributed by atoms with Crippen LogP contribution in [0.2, 0.25) is 0 Å². The first-order valence-electron chi connectivity index (χ1n) is 7.24. The minimum atomic E-state index is -1.35. The van der Waals surface area contributed by atoms with Crippen LogP contribution in [0, 0.1) is 0 Å². The van der Waals surface area contributed by atoms with Gasteiger partial charge in [0.15, 0.2) is 0 Å². The van der Waals surface area contributed by atoms with Crippen LogP contribution in [0.5, 0.6) is 0 Å². The van der Waals surface area contributed by atoms with E-state index in [-0.39, 0.29) is 32.0 Å². The van der Waals surface area contributed by atoms with Gasteiger partial charge in [-0.2, -0.15) is 0 Å². The van der Waals surface area contributed by atoms with Gasteiger partial charge >= 0.3 is 6.09 Å². The highest BCUT2D eigenvalue weighted by Gasteiger charge is 2.36. The van der Waals surface area contributed by atoms with Crippen LogP contribution in [-0.2, 0) is 20.9 Å². The molecule has 2 rings (SSSR count). The van der Waals surface area contributed by atoms with E-state index in [0.717, 1.165) is 5.56 Å². The van der Waals surface area contributed by atoms with Crippen molar-refractivity contribution in [2.45, 2.75) is 25.6 Å². The third-order valence-electron chi connectivity index (χ3n) is 3.40. The number of carbonyl (C=O) groups is 2.